The third-order valence-electron chi connectivity index (χ3n) is 5.00. The Morgan fingerprint density at radius 2 is 1.59 bits per heavy atom. The van der Waals surface area contributed by atoms with E-state index in [2.05, 4.69) is 10.3 Å². The molecule has 0 spiro atoms. The van der Waals surface area contributed by atoms with E-state index in [4.69, 9.17) is 0 Å². The monoisotopic (exact) mass is 477 g/mol. The molecule has 1 aliphatic heterocycles. The normalized spacial score (nSPS) is 14.4. The average Bonchev–Trinajstić information content (AvgIpc) is 3.15. The van der Waals surface area contributed by atoms with Crippen LogP contribution in [0.3, 0.4) is 0 Å². The maximum Gasteiger partial charge on any atom is 0.283 e. The zero-order valence-corrected chi connectivity index (χ0v) is 18.9. The number of thioether (sulfide) groups is 1. The first-order valence-corrected chi connectivity index (χ1v) is 11.6. The lowest BCUT2D eigenvalue weighted by molar-refractivity contribution is -0.118. The molecule has 0 unspecified atom stereocenters. The van der Waals surface area contributed by atoms with Gasteiger partial charge in [-0.3, -0.25) is 14.5 Å². The summed E-state index contributed by atoms with van der Waals surface area (Å²) in [6.07, 6.45) is 2.25. The molecule has 1 heterocycles. The van der Waals surface area contributed by atoms with Gasteiger partial charge in [-0.25, -0.2) is 13.8 Å². The molecular weight excluding hydrogens is 456 g/mol. The third-order valence-corrected chi connectivity index (χ3v) is 5.94. The van der Waals surface area contributed by atoms with Crippen molar-refractivity contribution in [3.05, 3.63) is 107 Å². The number of nitrogens with one attached hydrogen (secondary N) is 1. The van der Waals surface area contributed by atoms with Gasteiger partial charge in [0.2, 0.25) is 5.91 Å². The van der Waals surface area contributed by atoms with Crippen LogP contribution in [0.15, 0.2) is 89.6 Å². The zero-order chi connectivity index (χ0) is 23.9. The maximum absolute atomic E-state index is 13.4. The number of hydrogen-bond acceptors (Lipinski definition) is 4. The standard InChI is InChI=1S/C26H21F2N3O2S/c27-20-8-6-18(7-9-20)14-15-29-24(32)17-34-26-30-23(16-19-4-2-1-3-5-19)25(33)31(26)22-12-10-21(28)11-13-22/h1-13,16H,14-15,17H2,(H,29,32). The van der Waals surface area contributed by atoms with Gasteiger partial charge in [0.25, 0.3) is 5.91 Å². The summed E-state index contributed by atoms with van der Waals surface area (Å²) in [7, 11) is 0. The second-order valence-electron chi connectivity index (χ2n) is 7.47. The quantitative estimate of drug-likeness (QED) is 0.498. The second kappa shape index (κ2) is 10.9. The average molecular weight is 478 g/mol. The van der Waals surface area contributed by atoms with Crippen molar-refractivity contribution in [1.29, 1.82) is 0 Å². The molecular formula is C26H21F2N3O2S. The van der Waals surface area contributed by atoms with E-state index in [0.717, 1.165) is 22.9 Å². The fourth-order valence-corrected chi connectivity index (χ4v) is 4.14. The molecule has 172 valence electrons. The molecule has 34 heavy (non-hydrogen) atoms. The summed E-state index contributed by atoms with van der Waals surface area (Å²) in [6.45, 7) is 0.400. The second-order valence-corrected chi connectivity index (χ2v) is 8.41. The Morgan fingerprint density at radius 3 is 2.26 bits per heavy atom. The minimum absolute atomic E-state index is 0.0475. The first-order chi connectivity index (χ1) is 16.5. The minimum Gasteiger partial charge on any atom is -0.355 e. The first kappa shape index (κ1) is 23.4. The Bertz CT molecular complexity index is 1230. The number of nitrogens with zero attached hydrogens (tertiary/aromatic N) is 2. The lowest BCUT2D eigenvalue weighted by Gasteiger charge is -2.17. The summed E-state index contributed by atoms with van der Waals surface area (Å²) in [4.78, 5) is 31.3. The van der Waals surface area contributed by atoms with Crippen LogP contribution in [0, 0.1) is 11.6 Å². The van der Waals surface area contributed by atoms with Crippen molar-refractivity contribution in [2.75, 3.05) is 17.2 Å². The number of halogens is 2. The van der Waals surface area contributed by atoms with Crippen LogP contribution in [-0.4, -0.2) is 29.3 Å². The molecule has 0 saturated heterocycles. The van der Waals surface area contributed by atoms with Crippen LogP contribution in [0.5, 0.6) is 0 Å². The van der Waals surface area contributed by atoms with Gasteiger partial charge in [0.15, 0.2) is 5.17 Å². The van der Waals surface area contributed by atoms with Crippen LogP contribution in [0.1, 0.15) is 11.1 Å². The largest absolute Gasteiger partial charge is 0.355 e. The number of aliphatic imine (C=N–C) groups is 1. The molecule has 5 nitrogen and oxygen atoms in total. The van der Waals surface area contributed by atoms with Crippen molar-refractivity contribution in [1.82, 2.24) is 5.32 Å². The fraction of sp³-hybridized carbons (Fsp3) is 0.115. The van der Waals surface area contributed by atoms with E-state index >= 15 is 0 Å². The van der Waals surface area contributed by atoms with Crippen LogP contribution in [0.4, 0.5) is 14.5 Å². The van der Waals surface area contributed by atoms with Gasteiger partial charge < -0.3 is 5.32 Å². The van der Waals surface area contributed by atoms with Crippen LogP contribution >= 0.6 is 11.8 Å². The highest BCUT2D eigenvalue weighted by Gasteiger charge is 2.32. The van der Waals surface area contributed by atoms with Crippen LogP contribution < -0.4 is 10.2 Å². The Morgan fingerprint density at radius 1 is 0.941 bits per heavy atom. The summed E-state index contributed by atoms with van der Waals surface area (Å²) < 4.78 is 26.4. The van der Waals surface area contributed by atoms with Crippen molar-refractivity contribution in [2.45, 2.75) is 6.42 Å². The number of anilines is 1. The summed E-state index contributed by atoms with van der Waals surface area (Å²) in [6, 6.07) is 21.0. The van der Waals surface area contributed by atoms with Crippen molar-refractivity contribution < 1.29 is 18.4 Å². The first-order valence-electron chi connectivity index (χ1n) is 10.6. The van der Waals surface area contributed by atoms with E-state index < -0.39 is 5.82 Å². The van der Waals surface area contributed by atoms with Gasteiger partial charge in [-0.15, -0.1) is 0 Å². The molecule has 3 aromatic carbocycles. The molecule has 0 aliphatic carbocycles. The van der Waals surface area contributed by atoms with E-state index in [1.165, 1.54) is 41.3 Å². The molecule has 1 aliphatic rings. The fourth-order valence-electron chi connectivity index (χ4n) is 3.30. The van der Waals surface area contributed by atoms with E-state index in [-0.39, 0.29) is 29.1 Å². The maximum atomic E-state index is 13.4. The number of hydrogen-bond donors (Lipinski definition) is 1. The van der Waals surface area contributed by atoms with E-state index in [1.54, 1.807) is 18.2 Å². The lowest BCUT2D eigenvalue weighted by Crippen LogP contribution is -2.32. The Hall–Kier alpha value is -3.78. The molecule has 0 aromatic heterocycles. The summed E-state index contributed by atoms with van der Waals surface area (Å²) in [5.74, 6) is -1.24. The van der Waals surface area contributed by atoms with Gasteiger partial charge in [0.05, 0.1) is 11.4 Å². The molecule has 1 N–H and O–H groups in total. The van der Waals surface area contributed by atoms with Crippen molar-refractivity contribution >= 4 is 40.5 Å². The third kappa shape index (κ3) is 5.96. The molecule has 0 bridgehead atoms. The van der Waals surface area contributed by atoms with Gasteiger partial charge in [-0.2, -0.15) is 0 Å². The molecule has 0 saturated carbocycles. The van der Waals surface area contributed by atoms with Crippen LogP contribution in [-0.2, 0) is 16.0 Å². The lowest BCUT2D eigenvalue weighted by atomic mass is 10.1. The zero-order valence-electron chi connectivity index (χ0n) is 18.1. The van der Waals surface area contributed by atoms with Crippen LogP contribution in [0.25, 0.3) is 6.08 Å². The Labute approximate surface area is 200 Å². The highest BCUT2D eigenvalue weighted by molar-refractivity contribution is 8.14. The van der Waals surface area contributed by atoms with Gasteiger partial charge in [0.1, 0.15) is 17.3 Å². The van der Waals surface area contributed by atoms with Crippen LogP contribution in [0.2, 0.25) is 0 Å². The number of carbonyl (C=O) groups excluding carboxylic acids is 2. The Kier molecular flexibility index (Phi) is 7.49. The van der Waals surface area contributed by atoms with Crippen molar-refractivity contribution in [3.8, 4) is 0 Å². The summed E-state index contributed by atoms with van der Waals surface area (Å²) in [5, 5.41) is 3.16. The number of amides is 2. The number of benzene rings is 3. The van der Waals surface area contributed by atoms with Crippen molar-refractivity contribution in [3.63, 3.8) is 0 Å². The summed E-state index contributed by atoms with van der Waals surface area (Å²) >= 11 is 1.12. The molecule has 0 atom stereocenters. The SMILES string of the molecule is O=C(CSC1=NC(=Cc2ccccc2)C(=O)N1c1ccc(F)cc1)NCCc1ccc(F)cc1. The van der Waals surface area contributed by atoms with Crippen molar-refractivity contribution in [2.24, 2.45) is 4.99 Å². The van der Waals surface area contributed by atoms with Gasteiger partial charge in [0, 0.05) is 6.54 Å². The summed E-state index contributed by atoms with van der Waals surface area (Å²) in [5.41, 5.74) is 2.43. The van der Waals surface area contributed by atoms with Gasteiger partial charge in [-0.05, 0) is 60.0 Å². The molecule has 0 radical (unpaired) electrons. The topological polar surface area (TPSA) is 61.8 Å². The Balaban J connectivity index is 1.44. The van der Waals surface area contributed by atoms with Gasteiger partial charge in [-0.1, -0.05) is 54.2 Å². The van der Waals surface area contributed by atoms with E-state index in [0.29, 0.717) is 23.8 Å². The minimum atomic E-state index is -0.415. The molecule has 8 heteroatoms. The number of carbonyl (C=O) groups is 2. The highest BCUT2D eigenvalue weighted by Crippen LogP contribution is 2.29. The highest BCUT2D eigenvalue weighted by atomic mass is 32.2. The molecule has 0 fully saturated rings. The van der Waals surface area contributed by atoms with E-state index in [1.807, 2.05) is 30.3 Å². The van der Waals surface area contributed by atoms with Gasteiger partial charge >= 0.3 is 0 Å². The predicted molar refractivity (Wildman–Crippen MR) is 131 cm³/mol. The molecule has 2 amide bonds. The number of rotatable bonds is 7. The van der Waals surface area contributed by atoms with E-state index in [9.17, 15) is 18.4 Å². The smallest absolute Gasteiger partial charge is 0.283 e. The molecule has 3 aromatic rings. The number of amidine groups is 1. The molecule has 4 rings (SSSR count). The predicted octanol–water partition coefficient (Wildman–Crippen LogP) is 4.80.